The Kier molecular flexibility index (Phi) is 5.42. The maximum Gasteiger partial charge on any atom is 0.293 e. The Labute approximate surface area is 202 Å². The molecule has 34 heavy (non-hydrogen) atoms. The first-order valence-electron chi connectivity index (χ1n) is 10.9. The van der Waals surface area contributed by atoms with E-state index in [4.69, 9.17) is 21.1 Å². The molecule has 0 saturated carbocycles. The van der Waals surface area contributed by atoms with Crippen molar-refractivity contribution >= 4 is 51.0 Å². The number of nitrogens with zero attached hydrogens (tertiary/aromatic N) is 1. The third-order valence-corrected chi connectivity index (χ3v) is 5.72. The van der Waals surface area contributed by atoms with E-state index in [9.17, 15) is 4.79 Å². The van der Waals surface area contributed by atoms with E-state index < -0.39 is 5.91 Å². The second-order valence-corrected chi connectivity index (χ2v) is 9.49. The molecule has 0 aliphatic heterocycles. The van der Waals surface area contributed by atoms with Crippen LogP contribution in [-0.2, 0) is 5.41 Å². The lowest BCUT2D eigenvalue weighted by atomic mass is 9.87. The highest BCUT2D eigenvalue weighted by Crippen LogP contribution is 2.29. The molecule has 0 saturated heterocycles. The van der Waals surface area contributed by atoms with Crippen molar-refractivity contribution in [1.29, 1.82) is 0 Å². The standard InChI is InChI=1S/C27H23N3O3S/c1-27(2,3)18-10-8-16(9-11-18)25-29-20-15-19(12-13-22(20)33-25)28-26(34)30-24(31)23-14-17-6-4-5-7-21(17)32-23/h4-15H,1-3H3,(H2,28,30,31,34). The lowest BCUT2D eigenvalue weighted by Crippen LogP contribution is -2.33. The molecular weight excluding hydrogens is 446 g/mol. The molecule has 2 heterocycles. The fourth-order valence-electron chi connectivity index (χ4n) is 3.66. The molecule has 3 aromatic carbocycles. The van der Waals surface area contributed by atoms with Crippen LogP contribution in [0.15, 0.2) is 81.6 Å². The maximum atomic E-state index is 12.5. The first-order valence-corrected chi connectivity index (χ1v) is 11.3. The fourth-order valence-corrected chi connectivity index (χ4v) is 3.87. The molecule has 0 radical (unpaired) electrons. The molecule has 1 amide bonds. The van der Waals surface area contributed by atoms with Gasteiger partial charge in [0.15, 0.2) is 16.5 Å². The van der Waals surface area contributed by atoms with Crippen LogP contribution >= 0.6 is 12.2 Å². The molecule has 5 rings (SSSR count). The number of benzene rings is 3. The van der Waals surface area contributed by atoms with Gasteiger partial charge in [0.25, 0.3) is 5.91 Å². The number of rotatable bonds is 3. The molecule has 0 fully saturated rings. The predicted molar refractivity (Wildman–Crippen MR) is 138 cm³/mol. The van der Waals surface area contributed by atoms with Crippen LogP contribution in [0.3, 0.4) is 0 Å². The molecule has 7 heteroatoms. The molecule has 0 aliphatic carbocycles. The Morgan fingerprint density at radius 2 is 1.68 bits per heavy atom. The summed E-state index contributed by atoms with van der Waals surface area (Å²) in [5.41, 5.74) is 4.92. The van der Waals surface area contributed by atoms with Crippen molar-refractivity contribution in [3.8, 4) is 11.5 Å². The van der Waals surface area contributed by atoms with E-state index in [-0.39, 0.29) is 16.3 Å². The van der Waals surface area contributed by atoms with Crippen molar-refractivity contribution in [3.63, 3.8) is 0 Å². The average Bonchev–Trinajstić information content (AvgIpc) is 3.42. The molecule has 0 spiro atoms. The van der Waals surface area contributed by atoms with Crippen LogP contribution < -0.4 is 10.6 Å². The second-order valence-electron chi connectivity index (χ2n) is 9.09. The average molecular weight is 470 g/mol. The van der Waals surface area contributed by atoms with Crippen LogP contribution in [0.25, 0.3) is 33.5 Å². The summed E-state index contributed by atoms with van der Waals surface area (Å²) in [6.07, 6.45) is 0. The van der Waals surface area contributed by atoms with E-state index in [0.717, 1.165) is 10.9 Å². The maximum absolute atomic E-state index is 12.5. The van der Waals surface area contributed by atoms with E-state index >= 15 is 0 Å². The van der Waals surface area contributed by atoms with Crippen LogP contribution in [-0.4, -0.2) is 16.0 Å². The van der Waals surface area contributed by atoms with Gasteiger partial charge in [-0.1, -0.05) is 51.1 Å². The van der Waals surface area contributed by atoms with Crippen molar-refractivity contribution in [2.24, 2.45) is 0 Å². The Bertz CT molecular complexity index is 1490. The van der Waals surface area contributed by atoms with Gasteiger partial charge in [-0.2, -0.15) is 0 Å². The summed E-state index contributed by atoms with van der Waals surface area (Å²) in [7, 11) is 0. The van der Waals surface area contributed by atoms with Crippen LogP contribution in [0.1, 0.15) is 36.9 Å². The number of oxazole rings is 1. The Morgan fingerprint density at radius 3 is 2.41 bits per heavy atom. The highest BCUT2D eigenvalue weighted by Gasteiger charge is 2.16. The summed E-state index contributed by atoms with van der Waals surface area (Å²) in [6, 6.07) is 22.8. The van der Waals surface area contributed by atoms with Gasteiger partial charge < -0.3 is 14.2 Å². The van der Waals surface area contributed by atoms with Gasteiger partial charge >= 0.3 is 0 Å². The number of aromatic nitrogens is 1. The van der Waals surface area contributed by atoms with E-state index in [2.05, 4.69) is 48.5 Å². The lowest BCUT2D eigenvalue weighted by molar-refractivity contribution is 0.0953. The number of para-hydroxylation sites is 1. The van der Waals surface area contributed by atoms with Crippen molar-refractivity contribution in [2.75, 3.05) is 5.32 Å². The molecule has 0 bridgehead atoms. The van der Waals surface area contributed by atoms with Gasteiger partial charge in [-0.3, -0.25) is 10.1 Å². The van der Waals surface area contributed by atoms with Crippen molar-refractivity contribution in [1.82, 2.24) is 10.3 Å². The third-order valence-electron chi connectivity index (χ3n) is 5.52. The summed E-state index contributed by atoms with van der Waals surface area (Å²) in [4.78, 5) is 17.1. The van der Waals surface area contributed by atoms with E-state index in [1.54, 1.807) is 6.07 Å². The number of carbonyl (C=O) groups excluding carboxylic acids is 1. The minimum absolute atomic E-state index is 0.0820. The first-order chi connectivity index (χ1) is 16.3. The van der Waals surface area contributed by atoms with Gasteiger partial charge in [0.1, 0.15) is 11.1 Å². The number of nitrogens with one attached hydrogen (secondary N) is 2. The van der Waals surface area contributed by atoms with Gasteiger partial charge in [0, 0.05) is 16.6 Å². The summed E-state index contributed by atoms with van der Waals surface area (Å²) in [5.74, 6) is 0.324. The molecular formula is C27H23N3O3S. The first kappa shape index (κ1) is 21.9. The van der Waals surface area contributed by atoms with E-state index in [0.29, 0.717) is 28.3 Å². The highest BCUT2D eigenvalue weighted by atomic mass is 32.1. The van der Waals surface area contributed by atoms with Crippen molar-refractivity contribution in [2.45, 2.75) is 26.2 Å². The van der Waals surface area contributed by atoms with Crippen LogP contribution in [0.4, 0.5) is 5.69 Å². The molecule has 2 aromatic heterocycles. The SMILES string of the molecule is CC(C)(C)c1ccc(-c2nc3cc(NC(=S)NC(=O)c4cc5ccccc5o4)ccc3o2)cc1. The van der Waals surface area contributed by atoms with Crippen molar-refractivity contribution < 1.29 is 13.6 Å². The van der Waals surface area contributed by atoms with Crippen LogP contribution in [0.2, 0.25) is 0 Å². The van der Waals surface area contributed by atoms with Crippen molar-refractivity contribution in [3.05, 3.63) is 84.1 Å². The largest absolute Gasteiger partial charge is 0.451 e. The number of hydrogen-bond donors (Lipinski definition) is 2. The lowest BCUT2D eigenvalue weighted by Gasteiger charge is -2.18. The number of hydrogen-bond acceptors (Lipinski definition) is 5. The van der Waals surface area contributed by atoms with Gasteiger partial charge in [0.05, 0.1) is 0 Å². The zero-order valence-electron chi connectivity index (χ0n) is 19.0. The van der Waals surface area contributed by atoms with Crippen LogP contribution in [0.5, 0.6) is 0 Å². The quantitative estimate of drug-likeness (QED) is 0.287. The highest BCUT2D eigenvalue weighted by molar-refractivity contribution is 7.80. The minimum atomic E-state index is -0.419. The smallest absolute Gasteiger partial charge is 0.293 e. The summed E-state index contributed by atoms with van der Waals surface area (Å²) < 4.78 is 11.5. The summed E-state index contributed by atoms with van der Waals surface area (Å²) >= 11 is 5.31. The minimum Gasteiger partial charge on any atom is -0.451 e. The predicted octanol–water partition coefficient (Wildman–Crippen LogP) is 6.67. The molecule has 2 N–H and O–H groups in total. The normalized spacial score (nSPS) is 11.6. The Hall–Kier alpha value is -3.97. The molecule has 0 unspecified atom stereocenters. The number of carbonyl (C=O) groups is 1. The number of thiocarbonyl (C=S) groups is 1. The van der Waals surface area contributed by atoms with E-state index in [1.165, 1.54) is 5.56 Å². The Balaban J connectivity index is 1.29. The zero-order chi connectivity index (χ0) is 23.9. The number of amides is 1. The molecule has 0 aliphatic rings. The summed E-state index contributed by atoms with van der Waals surface area (Å²) in [6.45, 7) is 6.54. The number of anilines is 1. The fraction of sp³-hybridized carbons (Fsp3) is 0.148. The van der Waals surface area contributed by atoms with Gasteiger partial charge in [-0.15, -0.1) is 0 Å². The number of fused-ring (bicyclic) bond motifs is 2. The number of furan rings is 1. The van der Waals surface area contributed by atoms with Gasteiger partial charge in [-0.25, -0.2) is 4.98 Å². The van der Waals surface area contributed by atoms with Crippen LogP contribution in [0, 0.1) is 0 Å². The van der Waals surface area contributed by atoms with E-state index in [1.807, 2.05) is 54.6 Å². The zero-order valence-corrected chi connectivity index (χ0v) is 19.8. The third kappa shape index (κ3) is 4.43. The molecule has 5 aromatic rings. The monoisotopic (exact) mass is 469 g/mol. The summed E-state index contributed by atoms with van der Waals surface area (Å²) in [5, 5.41) is 6.68. The topological polar surface area (TPSA) is 80.3 Å². The van der Waals surface area contributed by atoms with Gasteiger partial charge in [-0.05, 0) is 65.7 Å². The molecule has 170 valence electrons. The Morgan fingerprint density at radius 1 is 0.912 bits per heavy atom. The van der Waals surface area contributed by atoms with Gasteiger partial charge in [0.2, 0.25) is 5.89 Å². The second kappa shape index (κ2) is 8.43. The molecule has 0 atom stereocenters. The molecule has 6 nitrogen and oxygen atoms in total.